The average molecular weight is 281 g/mol. The van der Waals surface area contributed by atoms with Gasteiger partial charge < -0.3 is 10.6 Å². The molecule has 2 heterocycles. The number of aromatic nitrogens is 1. The molecule has 0 saturated carbocycles. The van der Waals surface area contributed by atoms with Gasteiger partial charge in [0.2, 0.25) is 5.91 Å². The summed E-state index contributed by atoms with van der Waals surface area (Å²) in [7, 11) is 0. The van der Waals surface area contributed by atoms with Crippen LogP contribution < -0.4 is 10.6 Å². The first-order valence-corrected chi connectivity index (χ1v) is 8.03. The number of hydrogen-bond donors (Lipinski definition) is 2. The number of nitrogens with zero attached hydrogens (tertiary/aromatic N) is 1. The van der Waals surface area contributed by atoms with Gasteiger partial charge in [0.1, 0.15) is 0 Å². The van der Waals surface area contributed by atoms with Crippen LogP contribution in [0.5, 0.6) is 0 Å². The molecule has 0 spiro atoms. The molecule has 1 aromatic heterocycles. The normalized spacial score (nSPS) is 19.3. The van der Waals surface area contributed by atoms with E-state index in [0.29, 0.717) is 0 Å². The van der Waals surface area contributed by atoms with Gasteiger partial charge in [0.15, 0.2) is 0 Å². The second-order valence-electron chi connectivity index (χ2n) is 5.17. The molecule has 1 atom stereocenters. The highest BCUT2D eigenvalue weighted by molar-refractivity contribution is 7.09. The van der Waals surface area contributed by atoms with E-state index >= 15 is 0 Å². The Kier molecular flexibility index (Phi) is 5.79. The summed E-state index contributed by atoms with van der Waals surface area (Å²) in [6, 6.07) is 0. The average Bonchev–Trinajstić information content (AvgIpc) is 2.85. The summed E-state index contributed by atoms with van der Waals surface area (Å²) in [6.07, 6.45) is 5.29. The minimum atomic E-state index is 0.176. The van der Waals surface area contributed by atoms with Crippen molar-refractivity contribution < 1.29 is 4.79 Å². The van der Waals surface area contributed by atoms with Crippen molar-refractivity contribution in [2.24, 2.45) is 5.92 Å². The molecule has 0 radical (unpaired) electrons. The Morgan fingerprint density at radius 1 is 1.58 bits per heavy atom. The molecule has 1 aliphatic heterocycles. The smallest absolute Gasteiger partial charge is 0.224 e. The van der Waals surface area contributed by atoms with Crippen LogP contribution >= 0.6 is 11.3 Å². The summed E-state index contributed by atoms with van der Waals surface area (Å²) in [5.41, 5.74) is 1.11. The molecule has 1 saturated heterocycles. The van der Waals surface area contributed by atoms with E-state index in [1.165, 1.54) is 5.01 Å². The summed E-state index contributed by atoms with van der Waals surface area (Å²) in [4.78, 5) is 16.3. The molecule has 19 heavy (non-hydrogen) atoms. The van der Waals surface area contributed by atoms with Gasteiger partial charge >= 0.3 is 0 Å². The van der Waals surface area contributed by atoms with E-state index in [1.54, 1.807) is 11.3 Å². The van der Waals surface area contributed by atoms with Crippen molar-refractivity contribution >= 4 is 17.2 Å². The molecule has 5 heteroatoms. The molecule has 106 valence electrons. The largest absolute Gasteiger partial charge is 0.356 e. The Balaban J connectivity index is 1.55. The topological polar surface area (TPSA) is 54.0 Å². The second kappa shape index (κ2) is 7.60. The van der Waals surface area contributed by atoms with E-state index in [-0.39, 0.29) is 11.8 Å². The van der Waals surface area contributed by atoms with E-state index < -0.39 is 0 Å². The van der Waals surface area contributed by atoms with Crippen molar-refractivity contribution in [1.29, 1.82) is 0 Å². The van der Waals surface area contributed by atoms with Crippen LogP contribution in [0.1, 0.15) is 36.4 Å². The predicted molar refractivity (Wildman–Crippen MR) is 78.4 cm³/mol. The number of carbonyl (C=O) groups excluding carboxylic acids is 1. The summed E-state index contributed by atoms with van der Waals surface area (Å²) < 4.78 is 0. The summed E-state index contributed by atoms with van der Waals surface area (Å²) >= 11 is 1.73. The molecule has 4 nitrogen and oxygen atoms in total. The first-order valence-electron chi connectivity index (χ1n) is 7.15. The van der Waals surface area contributed by atoms with Crippen molar-refractivity contribution in [3.05, 3.63) is 16.1 Å². The van der Waals surface area contributed by atoms with Gasteiger partial charge in [-0.15, -0.1) is 11.3 Å². The minimum absolute atomic E-state index is 0.176. The molecule has 1 amide bonds. The number of hydrogen-bond acceptors (Lipinski definition) is 4. The molecular weight excluding hydrogens is 258 g/mol. The van der Waals surface area contributed by atoms with Gasteiger partial charge in [-0.2, -0.15) is 0 Å². The van der Waals surface area contributed by atoms with Crippen LogP contribution in [0.15, 0.2) is 5.38 Å². The van der Waals surface area contributed by atoms with Crippen molar-refractivity contribution in [3.63, 3.8) is 0 Å². The molecule has 1 aliphatic rings. The molecule has 1 unspecified atom stereocenters. The number of rotatable bonds is 6. The maximum atomic E-state index is 11.9. The highest BCUT2D eigenvalue weighted by Crippen LogP contribution is 2.12. The van der Waals surface area contributed by atoms with Gasteiger partial charge in [0.05, 0.1) is 10.9 Å². The summed E-state index contributed by atoms with van der Waals surface area (Å²) in [5.74, 6) is 0.396. The predicted octanol–water partition coefficient (Wildman–Crippen LogP) is 1.89. The lowest BCUT2D eigenvalue weighted by Gasteiger charge is -2.21. The molecule has 1 fully saturated rings. The van der Waals surface area contributed by atoms with Gasteiger partial charge in [-0.05, 0) is 45.6 Å². The monoisotopic (exact) mass is 281 g/mol. The van der Waals surface area contributed by atoms with Gasteiger partial charge in [0, 0.05) is 24.2 Å². The molecule has 2 rings (SSSR count). The fraction of sp³-hybridized carbons (Fsp3) is 0.714. The fourth-order valence-corrected chi connectivity index (χ4v) is 3.17. The number of thiazole rings is 1. The molecular formula is C14H23N3OS. The lowest BCUT2D eigenvalue weighted by atomic mass is 9.99. The zero-order chi connectivity index (χ0) is 13.5. The summed E-state index contributed by atoms with van der Waals surface area (Å²) in [5, 5.41) is 9.62. The minimum Gasteiger partial charge on any atom is -0.356 e. The van der Waals surface area contributed by atoms with E-state index in [1.807, 2.05) is 6.92 Å². The third-order valence-electron chi connectivity index (χ3n) is 3.45. The Labute approximate surface area is 119 Å². The standard InChI is InChI=1S/C14H23N3OS/c1-11-10-19-13(17-11)6-2-3-8-16-14(18)12-5-4-7-15-9-12/h10,12,15H,2-9H2,1H3,(H,16,18). The number of nitrogens with one attached hydrogen (secondary N) is 2. The highest BCUT2D eigenvalue weighted by Gasteiger charge is 2.19. The van der Waals surface area contributed by atoms with Crippen LogP contribution in [0.3, 0.4) is 0 Å². The fourth-order valence-electron chi connectivity index (χ4n) is 2.35. The molecule has 0 aromatic carbocycles. The lowest BCUT2D eigenvalue weighted by molar-refractivity contribution is -0.125. The van der Waals surface area contributed by atoms with Crippen LogP contribution in [0, 0.1) is 12.8 Å². The van der Waals surface area contributed by atoms with Crippen LogP contribution in [-0.4, -0.2) is 30.5 Å². The Morgan fingerprint density at radius 2 is 2.47 bits per heavy atom. The van der Waals surface area contributed by atoms with Gasteiger partial charge in [-0.1, -0.05) is 0 Å². The molecule has 0 aliphatic carbocycles. The first-order chi connectivity index (χ1) is 9.25. The first kappa shape index (κ1) is 14.5. The number of piperidine rings is 1. The lowest BCUT2D eigenvalue weighted by Crippen LogP contribution is -2.40. The number of unbranched alkanes of at least 4 members (excludes halogenated alkanes) is 1. The third-order valence-corrected chi connectivity index (χ3v) is 4.48. The quantitative estimate of drug-likeness (QED) is 0.783. The Bertz CT molecular complexity index is 399. The van der Waals surface area contributed by atoms with Crippen LogP contribution in [0.2, 0.25) is 0 Å². The molecule has 1 aromatic rings. The van der Waals surface area contributed by atoms with Crippen LogP contribution in [0.4, 0.5) is 0 Å². The second-order valence-corrected chi connectivity index (χ2v) is 6.12. The van der Waals surface area contributed by atoms with Crippen molar-refractivity contribution in [2.75, 3.05) is 19.6 Å². The van der Waals surface area contributed by atoms with Crippen molar-refractivity contribution in [3.8, 4) is 0 Å². The third kappa shape index (κ3) is 4.91. The van der Waals surface area contributed by atoms with E-state index in [4.69, 9.17) is 0 Å². The maximum absolute atomic E-state index is 11.9. The number of carbonyl (C=O) groups is 1. The Morgan fingerprint density at radius 3 is 3.16 bits per heavy atom. The molecule has 0 bridgehead atoms. The number of amides is 1. The SMILES string of the molecule is Cc1csc(CCCCNC(=O)C2CCCNC2)n1. The van der Waals surface area contributed by atoms with Crippen LogP contribution in [-0.2, 0) is 11.2 Å². The maximum Gasteiger partial charge on any atom is 0.224 e. The number of aryl methyl sites for hydroxylation is 2. The van der Waals surface area contributed by atoms with Crippen molar-refractivity contribution in [2.45, 2.75) is 39.0 Å². The van der Waals surface area contributed by atoms with Crippen LogP contribution in [0.25, 0.3) is 0 Å². The summed E-state index contributed by atoms with van der Waals surface area (Å²) in [6.45, 7) is 4.71. The molecule has 2 N–H and O–H groups in total. The van der Waals surface area contributed by atoms with Crippen molar-refractivity contribution in [1.82, 2.24) is 15.6 Å². The van der Waals surface area contributed by atoms with E-state index in [9.17, 15) is 4.79 Å². The Hall–Kier alpha value is -0.940. The zero-order valence-corrected chi connectivity index (χ0v) is 12.4. The van der Waals surface area contributed by atoms with E-state index in [2.05, 4.69) is 21.0 Å². The van der Waals surface area contributed by atoms with E-state index in [0.717, 1.165) is 57.4 Å². The highest BCUT2D eigenvalue weighted by atomic mass is 32.1. The van der Waals surface area contributed by atoms with Gasteiger partial charge in [-0.3, -0.25) is 4.79 Å². The van der Waals surface area contributed by atoms with Gasteiger partial charge in [-0.25, -0.2) is 4.98 Å². The van der Waals surface area contributed by atoms with Gasteiger partial charge in [0.25, 0.3) is 0 Å². The zero-order valence-electron chi connectivity index (χ0n) is 11.6.